The minimum Gasteiger partial charge on any atom is -0.324 e. The van der Waals surface area contributed by atoms with Crippen molar-refractivity contribution in [2.24, 2.45) is 0 Å². The first-order chi connectivity index (χ1) is 6.99. The Bertz CT molecular complexity index is 368. The van der Waals surface area contributed by atoms with Crippen LogP contribution < -0.4 is 5.32 Å². The molecular weight excluding hydrogens is 263 g/mol. The SMILES string of the molecule is CN(C)CC(=O)Nc1cc(F)ccc1Br. The third kappa shape index (κ3) is 3.97. The number of nitrogens with zero attached hydrogens (tertiary/aromatic N) is 1. The fourth-order valence-corrected chi connectivity index (χ4v) is 1.42. The molecule has 1 amide bonds. The largest absolute Gasteiger partial charge is 0.324 e. The highest BCUT2D eigenvalue weighted by molar-refractivity contribution is 9.10. The second kappa shape index (κ2) is 5.23. The van der Waals surface area contributed by atoms with Crippen LogP contribution >= 0.6 is 15.9 Å². The molecule has 0 aliphatic carbocycles. The first-order valence-electron chi connectivity index (χ1n) is 4.38. The highest BCUT2D eigenvalue weighted by Gasteiger charge is 2.07. The average molecular weight is 275 g/mol. The van der Waals surface area contributed by atoms with Gasteiger partial charge >= 0.3 is 0 Å². The minimum absolute atomic E-state index is 0.175. The maximum absolute atomic E-state index is 12.9. The number of rotatable bonds is 3. The van der Waals surface area contributed by atoms with E-state index in [0.717, 1.165) is 0 Å². The molecule has 0 aliphatic rings. The summed E-state index contributed by atoms with van der Waals surface area (Å²) < 4.78 is 13.5. The summed E-state index contributed by atoms with van der Waals surface area (Å²) in [6.45, 7) is 0.267. The number of likely N-dealkylation sites (N-methyl/N-ethyl adjacent to an activating group) is 1. The molecule has 1 N–H and O–H groups in total. The number of hydrogen-bond donors (Lipinski definition) is 1. The topological polar surface area (TPSA) is 32.3 Å². The normalized spacial score (nSPS) is 10.5. The average Bonchev–Trinajstić information content (AvgIpc) is 2.10. The Morgan fingerprint density at radius 2 is 2.20 bits per heavy atom. The minimum atomic E-state index is -0.377. The maximum atomic E-state index is 12.9. The lowest BCUT2D eigenvalue weighted by Crippen LogP contribution is -2.27. The van der Waals surface area contributed by atoms with Crippen LogP contribution in [0.1, 0.15) is 0 Å². The van der Waals surface area contributed by atoms with E-state index in [2.05, 4.69) is 21.2 Å². The van der Waals surface area contributed by atoms with Crippen LogP contribution in [0.2, 0.25) is 0 Å². The van der Waals surface area contributed by atoms with E-state index in [0.29, 0.717) is 10.2 Å². The van der Waals surface area contributed by atoms with Gasteiger partial charge in [-0.05, 0) is 48.2 Å². The number of anilines is 1. The van der Waals surface area contributed by atoms with Crippen LogP contribution in [-0.2, 0) is 4.79 Å². The van der Waals surface area contributed by atoms with Crippen LogP contribution in [0.15, 0.2) is 22.7 Å². The molecule has 15 heavy (non-hydrogen) atoms. The van der Waals surface area contributed by atoms with Crippen molar-refractivity contribution < 1.29 is 9.18 Å². The number of hydrogen-bond acceptors (Lipinski definition) is 2. The van der Waals surface area contributed by atoms with E-state index in [-0.39, 0.29) is 18.3 Å². The zero-order valence-electron chi connectivity index (χ0n) is 8.55. The van der Waals surface area contributed by atoms with Gasteiger partial charge in [0.2, 0.25) is 5.91 Å². The van der Waals surface area contributed by atoms with Crippen molar-refractivity contribution in [3.63, 3.8) is 0 Å². The zero-order valence-corrected chi connectivity index (χ0v) is 10.1. The number of benzene rings is 1. The van der Waals surface area contributed by atoms with Gasteiger partial charge in [0, 0.05) is 4.47 Å². The Kier molecular flexibility index (Phi) is 4.23. The molecule has 0 atom stereocenters. The molecule has 0 bridgehead atoms. The molecule has 0 saturated heterocycles. The predicted molar refractivity (Wildman–Crippen MR) is 61.3 cm³/mol. The van der Waals surface area contributed by atoms with Gasteiger partial charge in [0.15, 0.2) is 0 Å². The summed E-state index contributed by atoms with van der Waals surface area (Å²) in [5, 5.41) is 2.61. The highest BCUT2D eigenvalue weighted by Crippen LogP contribution is 2.22. The Morgan fingerprint density at radius 1 is 1.53 bits per heavy atom. The lowest BCUT2D eigenvalue weighted by Gasteiger charge is -2.11. The number of carbonyl (C=O) groups is 1. The van der Waals surface area contributed by atoms with Gasteiger partial charge in [0.1, 0.15) is 5.82 Å². The molecule has 1 rings (SSSR count). The summed E-state index contributed by atoms with van der Waals surface area (Å²) in [7, 11) is 3.58. The van der Waals surface area contributed by atoms with Crippen molar-refractivity contribution >= 4 is 27.5 Å². The second-order valence-electron chi connectivity index (χ2n) is 3.41. The van der Waals surface area contributed by atoms with Crippen LogP contribution in [0.4, 0.5) is 10.1 Å². The predicted octanol–water partition coefficient (Wildman–Crippen LogP) is 2.09. The molecule has 0 radical (unpaired) electrons. The fourth-order valence-electron chi connectivity index (χ4n) is 1.07. The molecular formula is C10H12BrFN2O. The van der Waals surface area contributed by atoms with Gasteiger partial charge in [-0.1, -0.05) is 0 Å². The Balaban J connectivity index is 2.71. The standard InChI is InChI=1S/C10H12BrFN2O/c1-14(2)6-10(15)13-9-5-7(12)3-4-8(9)11/h3-5H,6H2,1-2H3,(H,13,15). The molecule has 0 unspecified atom stereocenters. The molecule has 0 spiro atoms. The van der Waals surface area contributed by atoms with Crippen molar-refractivity contribution in [3.05, 3.63) is 28.5 Å². The van der Waals surface area contributed by atoms with Gasteiger partial charge in [0.05, 0.1) is 12.2 Å². The van der Waals surface area contributed by atoms with E-state index in [9.17, 15) is 9.18 Å². The van der Waals surface area contributed by atoms with Gasteiger partial charge in [-0.25, -0.2) is 4.39 Å². The Labute approximate surface area is 96.4 Å². The number of amides is 1. The summed E-state index contributed by atoms with van der Waals surface area (Å²) in [6.07, 6.45) is 0. The van der Waals surface area contributed by atoms with Crippen LogP contribution in [0, 0.1) is 5.82 Å². The van der Waals surface area contributed by atoms with Crippen molar-refractivity contribution in [2.75, 3.05) is 26.0 Å². The lowest BCUT2D eigenvalue weighted by atomic mass is 10.3. The molecule has 0 fully saturated rings. The second-order valence-corrected chi connectivity index (χ2v) is 4.26. The maximum Gasteiger partial charge on any atom is 0.238 e. The monoisotopic (exact) mass is 274 g/mol. The van der Waals surface area contributed by atoms with E-state index >= 15 is 0 Å². The van der Waals surface area contributed by atoms with E-state index < -0.39 is 0 Å². The summed E-state index contributed by atoms with van der Waals surface area (Å²) in [5.41, 5.74) is 0.446. The van der Waals surface area contributed by atoms with Crippen molar-refractivity contribution in [2.45, 2.75) is 0 Å². The van der Waals surface area contributed by atoms with Crippen molar-refractivity contribution in [1.82, 2.24) is 4.90 Å². The molecule has 0 aliphatic heterocycles. The quantitative estimate of drug-likeness (QED) is 0.916. The van der Waals surface area contributed by atoms with Gasteiger partial charge in [-0.3, -0.25) is 4.79 Å². The van der Waals surface area contributed by atoms with E-state index in [1.165, 1.54) is 12.1 Å². The molecule has 3 nitrogen and oxygen atoms in total. The zero-order chi connectivity index (χ0) is 11.4. The summed E-state index contributed by atoms with van der Waals surface area (Å²) in [4.78, 5) is 13.1. The summed E-state index contributed by atoms with van der Waals surface area (Å²) >= 11 is 3.23. The van der Waals surface area contributed by atoms with Gasteiger partial charge in [-0.2, -0.15) is 0 Å². The smallest absolute Gasteiger partial charge is 0.238 e. The third-order valence-corrected chi connectivity index (χ3v) is 2.35. The first-order valence-corrected chi connectivity index (χ1v) is 5.18. The Hall–Kier alpha value is -0.940. The fraction of sp³-hybridized carbons (Fsp3) is 0.300. The molecule has 82 valence electrons. The first kappa shape index (κ1) is 12.1. The van der Waals surface area contributed by atoms with Gasteiger partial charge in [0.25, 0.3) is 0 Å². The van der Waals surface area contributed by atoms with Crippen LogP contribution in [0.3, 0.4) is 0 Å². The number of halogens is 2. The van der Waals surface area contributed by atoms with E-state index in [1.807, 2.05) is 0 Å². The molecule has 0 aromatic heterocycles. The van der Waals surface area contributed by atoms with Crippen LogP contribution in [0.5, 0.6) is 0 Å². The molecule has 0 heterocycles. The van der Waals surface area contributed by atoms with Crippen LogP contribution in [-0.4, -0.2) is 31.4 Å². The molecule has 0 saturated carbocycles. The number of carbonyl (C=O) groups excluding carboxylic acids is 1. The van der Waals surface area contributed by atoms with E-state index in [1.54, 1.807) is 25.1 Å². The molecule has 5 heteroatoms. The summed E-state index contributed by atoms with van der Waals surface area (Å²) in [5.74, 6) is -0.551. The summed E-state index contributed by atoms with van der Waals surface area (Å²) in [6, 6.07) is 4.16. The van der Waals surface area contributed by atoms with Gasteiger partial charge in [-0.15, -0.1) is 0 Å². The van der Waals surface area contributed by atoms with E-state index in [4.69, 9.17) is 0 Å². The Morgan fingerprint density at radius 3 is 2.80 bits per heavy atom. The van der Waals surface area contributed by atoms with Crippen molar-refractivity contribution in [1.29, 1.82) is 0 Å². The van der Waals surface area contributed by atoms with Crippen LogP contribution in [0.25, 0.3) is 0 Å². The molecule has 1 aromatic rings. The van der Waals surface area contributed by atoms with Gasteiger partial charge < -0.3 is 10.2 Å². The van der Waals surface area contributed by atoms with Crippen molar-refractivity contribution in [3.8, 4) is 0 Å². The highest BCUT2D eigenvalue weighted by atomic mass is 79.9. The third-order valence-electron chi connectivity index (χ3n) is 1.66. The molecule has 1 aromatic carbocycles. The number of nitrogens with one attached hydrogen (secondary N) is 1. The lowest BCUT2D eigenvalue weighted by molar-refractivity contribution is -0.116.